The minimum atomic E-state index is 0.161. The van der Waals surface area contributed by atoms with E-state index in [1.54, 1.807) is 16.9 Å². The molecule has 6 rings (SSSR count). The van der Waals surface area contributed by atoms with Gasteiger partial charge in [0, 0.05) is 54.9 Å². The number of hydrogen-bond donors (Lipinski definition) is 2. The minimum absolute atomic E-state index is 0.161. The Kier molecular flexibility index (Phi) is 4.95. The lowest BCUT2D eigenvalue weighted by molar-refractivity contribution is 0.311. The lowest BCUT2D eigenvalue weighted by Gasteiger charge is -2.29. The van der Waals surface area contributed by atoms with Crippen LogP contribution in [0.3, 0.4) is 0 Å². The van der Waals surface area contributed by atoms with Crippen molar-refractivity contribution >= 4 is 16.7 Å². The quantitative estimate of drug-likeness (QED) is 0.490. The summed E-state index contributed by atoms with van der Waals surface area (Å²) in [6.45, 7) is 1.96. The standard InChI is InChI=1S/C25H27N7O/c1-31-14-17-11-22(26-13-23(17)30-31)16-5-6-20(24(33)12-16)21-7-8-25(29-28-21)32-10-9-19(15-32)27-18-3-2-4-18/h5-8,11-14,18-19,27,33H,2-4,9-10,15H2,1H3. The summed E-state index contributed by atoms with van der Waals surface area (Å²) in [7, 11) is 1.89. The van der Waals surface area contributed by atoms with Crippen LogP contribution in [0.1, 0.15) is 25.7 Å². The average molecular weight is 442 g/mol. The van der Waals surface area contributed by atoms with Crippen LogP contribution in [0.4, 0.5) is 5.82 Å². The molecule has 2 aliphatic rings. The van der Waals surface area contributed by atoms with Crippen molar-refractivity contribution in [2.45, 2.75) is 37.8 Å². The van der Waals surface area contributed by atoms with Gasteiger partial charge < -0.3 is 15.3 Å². The van der Waals surface area contributed by atoms with E-state index < -0.39 is 0 Å². The Morgan fingerprint density at radius 1 is 1.00 bits per heavy atom. The van der Waals surface area contributed by atoms with Gasteiger partial charge in [-0.25, -0.2) is 0 Å². The minimum Gasteiger partial charge on any atom is -0.507 e. The third-order valence-electron chi connectivity index (χ3n) is 6.81. The first-order valence-corrected chi connectivity index (χ1v) is 11.6. The summed E-state index contributed by atoms with van der Waals surface area (Å²) in [6.07, 6.45) is 8.82. The van der Waals surface area contributed by atoms with E-state index in [2.05, 4.69) is 30.5 Å². The zero-order valence-electron chi connectivity index (χ0n) is 18.6. The third kappa shape index (κ3) is 3.91. The van der Waals surface area contributed by atoms with Gasteiger partial charge in [0.25, 0.3) is 0 Å². The Hall–Kier alpha value is -3.52. The van der Waals surface area contributed by atoms with Crippen LogP contribution in [0, 0.1) is 0 Å². The Balaban J connectivity index is 1.18. The summed E-state index contributed by atoms with van der Waals surface area (Å²) >= 11 is 0. The number of nitrogens with zero attached hydrogens (tertiary/aromatic N) is 6. The molecule has 4 aromatic rings. The van der Waals surface area contributed by atoms with Crippen LogP contribution in [0.5, 0.6) is 5.75 Å². The second-order valence-electron chi connectivity index (χ2n) is 9.17. The highest BCUT2D eigenvalue weighted by molar-refractivity contribution is 5.82. The Morgan fingerprint density at radius 3 is 2.67 bits per heavy atom. The molecule has 33 heavy (non-hydrogen) atoms. The number of fused-ring (bicyclic) bond motifs is 1. The fraction of sp³-hybridized carbons (Fsp3) is 0.360. The predicted molar refractivity (Wildman–Crippen MR) is 128 cm³/mol. The summed E-state index contributed by atoms with van der Waals surface area (Å²) in [5, 5.41) is 28.7. The van der Waals surface area contributed by atoms with Gasteiger partial charge in [-0.15, -0.1) is 10.2 Å². The van der Waals surface area contributed by atoms with Crippen molar-refractivity contribution in [2.75, 3.05) is 18.0 Å². The number of aromatic hydroxyl groups is 1. The summed E-state index contributed by atoms with van der Waals surface area (Å²) in [4.78, 5) is 6.79. The normalized spacial score (nSPS) is 18.7. The van der Waals surface area contributed by atoms with E-state index in [1.807, 2.05) is 43.6 Å². The topological polar surface area (TPSA) is 92.0 Å². The molecule has 1 aromatic carbocycles. The van der Waals surface area contributed by atoms with Crippen LogP contribution in [0.25, 0.3) is 33.4 Å². The molecular formula is C25H27N7O. The molecule has 1 saturated heterocycles. The van der Waals surface area contributed by atoms with Crippen LogP contribution in [-0.2, 0) is 7.05 Å². The van der Waals surface area contributed by atoms with Crippen molar-refractivity contribution in [1.29, 1.82) is 0 Å². The molecule has 0 spiro atoms. The monoisotopic (exact) mass is 441 g/mol. The molecule has 3 aromatic heterocycles. The lowest BCUT2D eigenvalue weighted by atomic mass is 9.92. The second-order valence-corrected chi connectivity index (χ2v) is 9.17. The molecule has 8 heteroatoms. The van der Waals surface area contributed by atoms with E-state index in [4.69, 9.17) is 0 Å². The number of phenols is 1. The fourth-order valence-corrected chi connectivity index (χ4v) is 4.77. The van der Waals surface area contributed by atoms with Crippen LogP contribution < -0.4 is 10.2 Å². The molecule has 2 fully saturated rings. The molecule has 1 aliphatic carbocycles. The maximum atomic E-state index is 10.7. The average Bonchev–Trinajstić information content (AvgIpc) is 3.41. The van der Waals surface area contributed by atoms with Crippen molar-refractivity contribution in [1.82, 2.24) is 30.3 Å². The van der Waals surface area contributed by atoms with E-state index in [-0.39, 0.29) is 5.75 Å². The number of phenolic OH excluding ortho intramolecular Hbond substituents is 1. The first kappa shape index (κ1) is 20.1. The molecule has 1 unspecified atom stereocenters. The van der Waals surface area contributed by atoms with Crippen molar-refractivity contribution in [3.05, 3.63) is 48.8 Å². The van der Waals surface area contributed by atoms with Crippen LogP contribution in [-0.4, -0.2) is 55.2 Å². The zero-order chi connectivity index (χ0) is 22.4. The van der Waals surface area contributed by atoms with Crippen LogP contribution in [0.2, 0.25) is 0 Å². The smallest absolute Gasteiger partial charge is 0.151 e. The van der Waals surface area contributed by atoms with Gasteiger partial charge >= 0.3 is 0 Å². The number of hydrogen-bond acceptors (Lipinski definition) is 7. The number of rotatable bonds is 5. The first-order chi connectivity index (χ1) is 16.1. The largest absolute Gasteiger partial charge is 0.507 e. The highest BCUT2D eigenvalue weighted by atomic mass is 16.3. The second kappa shape index (κ2) is 8.12. The van der Waals surface area contributed by atoms with Gasteiger partial charge in [0.1, 0.15) is 11.3 Å². The predicted octanol–water partition coefficient (Wildman–Crippen LogP) is 3.52. The van der Waals surface area contributed by atoms with Gasteiger partial charge in [0.15, 0.2) is 5.82 Å². The van der Waals surface area contributed by atoms with Gasteiger partial charge in [-0.1, -0.05) is 12.5 Å². The van der Waals surface area contributed by atoms with Crippen molar-refractivity contribution in [3.63, 3.8) is 0 Å². The van der Waals surface area contributed by atoms with Crippen molar-refractivity contribution < 1.29 is 5.11 Å². The fourth-order valence-electron chi connectivity index (χ4n) is 4.77. The van der Waals surface area contributed by atoms with Crippen molar-refractivity contribution in [3.8, 4) is 28.3 Å². The molecule has 4 heterocycles. The molecule has 0 amide bonds. The van der Waals surface area contributed by atoms with Crippen molar-refractivity contribution in [2.24, 2.45) is 7.05 Å². The summed E-state index contributed by atoms with van der Waals surface area (Å²) in [5.74, 6) is 1.05. The molecule has 0 radical (unpaired) electrons. The Labute approximate surface area is 192 Å². The van der Waals surface area contributed by atoms with Gasteiger partial charge in [-0.05, 0) is 49.6 Å². The van der Waals surface area contributed by atoms with Gasteiger partial charge in [-0.3, -0.25) is 9.67 Å². The SMILES string of the molecule is Cn1cc2cc(-c3ccc(-c4ccc(N5CCC(NC6CCC6)C5)nn4)c(O)c3)ncc2n1. The number of aromatic nitrogens is 5. The number of nitrogens with one attached hydrogen (secondary N) is 1. The number of anilines is 1. The molecule has 8 nitrogen and oxygen atoms in total. The first-order valence-electron chi connectivity index (χ1n) is 11.6. The number of benzene rings is 1. The highest BCUT2D eigenvalue weighted by Crippen LogP contribution is 2.33. The van der Waals surface area contributed by atoms with Crippen LogP contribution >= 0.6 is 0 Å². The van der Waals surface area contributed by atoms with Crippen LogP contribution in [0.15, 0.2) is 48.8 Å². The van der Waals surface area contributed by atoms with E-state index in [9.17, 15) is 5.11 Å². The molecule has 1 aliphatic heterocycles. The Morgan fingerprint density at radius 2 is 1.91 bits per heavy atom. The van der Waals surface area contributed by atoms with E-state index in [0.717, 1.165) is 47.5 Å². The molecule has 2 N–H and O–H groups in total. The van der Waals surface area contributed by atoms with Gasteiger partial charge in [-0.2, -0.15) is 5.10 Å². The number of pyridine rings is 1. The number of aryl methyl sites for hydroxylation is 1. The summed E-state index contributed by atoms with van der Waals surface area (Å²) in [6, 6.07) is 12.7. The van der Waals surface area contributed by atoms with E-state index in [0.29, 0.717) is 23.3 Å². The summed E-state index contributed by atoms with van der Waals surface area (Å²) < 4.78 is 1.77. The molecule has 1 saturated carbocycles. The molecule has 0 bridgehead atoms. The Bertz CT molecular complexity index is 1300. The van der Waals surface area contributed by atoms with E-state index in [1.165, 1.54) is 19.3 Å². The summed E-state index contributed by atoms with van der Waals surface area (Å²) in [5.41, 5.74) is 3.79. The molecular weight excluding hydrogens is 414 g/mol. The maximum absolute atomic E-state index is 10.7. The third-order valence-corrected chi connectivity index (χ3v) is 6.81. The van der Waals surface area contributed by atoms with Gasteiger partial charge in [0.05, 0.1) is 17.6 Å². The molecule has 1 atom stereocenters. The van der Waals surface area contributed by atoms with Gasteiger partial charge in [0.2, 0.25) is 0 Å². The zero-order valence-corrected chi connectivity index (χ0v) is 18.6. The molecule has 168 valence electrons. The highest BCUT2D eigenvalue weighted by Gasteiger charge is 2.27. The van der Waals surface area contributed by atoms with E-state index >= 15 is 0 Å². The lowest BCUT2D eigenvalue weighted by Crippen LogP contribution is -2.43. The maximum Gasteiger partial charge on any atom is 0.151 e.